The number of nitrogens with zero attached hydrogens (tertiary/aromatic N) is 1. The van der Waals surface area contributed by atoms with Crippen LogP contribution in [0.2, 0.25) is 0 Å². The number of aryl methyl sites for hydroxylation is 2. The summed E-state index contributed by atoms with van der Waals surface area (Å²) in [7, 11) is 1.33. The Morgan fingerprint density at radius 2 is 1.90 bits per heavy atom. The summed E-state index contributed by atoms with van der Waals surface area (Å²) >= 11 is 0. The standard InChI is InChI=1S/C23H37N3O4/c1-23(2,3)30-22(28)26-19(21(27)29-4)13-9-7-5-6-8-12-18-15-14-17-11-10-16-24-20(17)25-18/h14-15,19H,5-13,16H2,1-4H3,(H,24,25)(H,26,28). The first-order valence-electron chi connectivity index (χ1n) is 11.1. The van der Waals surface area contributed by atoms with E-state index in [9.17, 15) is 9.59 Å². The Kier molecular flexibility index (Phi) is 9.40. The quantitative estimate of drug-likeness (QED) is 0.432. The summed E-state index contributed by atoms with van der Waals surface area (Å²) in [6, 6.07) is 3.68. The van der Waals surface area contributed by atoms with E-state index in [-0.39, 0.29) is 0 Å². The van der Waals surface area contributed by atoms with Gasteiger partial charge in [-0.25, -0.2) is 14.6 Å². The summed E-state index contributed by atoms with van der Waals surface area (Å²) in [5, 5.41) is 6.01. The van der Waals surface area contributed by atoms with Gasteiger partial charge in [-0.15, -0.1) is 0 Å². The number of carbonyl (C=O) groups excluding carboxylic acids is 2. The van der Waals surface area contributed by atoms with Gasteiger partial charge in [0.05, 0.1) is 7.11 Å². The van der Waals surface area contributed by atoms with Crippen LogP contribution in [0.5, 0.6) is 0 Å². The Morgan fingerprint density at radius 1 is 1.17 bits per heavy atom. The highest BCUT2D eigenvalue weighted by Gasteiger charge is 2.24. The molecule has 2 rings (SSSR count). The smallest absolute Gasteiger partial charge is 0.408 e. The molecule has 1 aromatic rings. The van der Waals surface area contributed by atoms with E-state index in [0.29, 0.717) is 6.42 Å². The van der Waals surface area contributed by atoms with Crippen molar-refractivity contribution in [3.05, 3.63) is 23.4 Å². The first-order valence-corrected chi connectivity index (χ1v) is 11.1. The molecule has 0 saturated heterocycles. The van der Waals surface area contributed by atoms with Crippen molar-refractivity contribution < 1.29 is 19.1 Å². The molecule has 0 aliphatic carbocycles. The molecule has 0 bridgehead atoms. The SMILES string of the molecule is COC(=O)C(CCCCCCCc1ccc2c(n1)NCCC2)NC(=O)OC(C)(C)C. The van der Waals surface area contributed by atoms with E-state index < -0.39 is 23.7 Å². The second-order valence-corrected chi connectivity index (χ2v) is 8.87. The van der Waals surface area contributed by atoms with Crippen molar-refractivity contribution in [1.82, 2.24) is 10.3 Å². The lowest BCUT2D eigenvalue weighted by molar-refractivity contribution is -0.143. The molecule has 7 nitrogen and oxygen atoms in total. The zero-order valence-corrected chi connectivity index (χ0v) is 18.9. The van der Waals surface area contributed by atoms with Crippen molar-refractivity contribution in [2.45, 2.75) is 90.2 Å². The number of rotatable bonds is 10. The Bertz CT molecular complexity index is 700. The lowest BCUT2D eigenvalue weighted by Crippen LogP contribution is -2.44. The molecule has 2 N–H and O–H groups in total. The van der Waals surface area contributed by atoms with Crippen molar-refractivity contribution >= 4 is 17.9 Å². The van der Waals surface area contributed by atoms with Crippen molar-refractivity contribution in [2.75, 3.05) is 19.0 Å². The highest BCUT2D eigenvalue weighted by Crippen LogP contribution is 2.20. The average molecular weight is 420 g/mol. The van der Waals surface area contributed by atoms with E-state index in [1.807, 2.05) is 0 Å². The molecule has 0 spiro atoms. The lowest BCUT2D eigenvalue weighted by atomic mass is 10.0. The largest absolute Gasteiger partial charge is 0.467 e. The Balaban J connectivity index is 1.63. The fourth-order valence-electron chi connectivity index (χ4n) is 3.53. The summed E-state index contributed by atoms with van der Waals surface area (Å²) in [5.41, 5.74) is 1.87. The Morgan fingerprint density at radius 3 is 2.63 bits per heavy atom. The van der Waals surface area contributed by atoms with Crippen LogP contribution in [-0.2, 0) is 27.1 Å². The third-order valence-corrected chi connectivity index (χ3v) is 5.05. The lowest BCUT2D eigenvalue weighted by Gasteiger charge is -2.22. The zero-order chi connectivity index (χ0) is 22.0. The molecule has 1 aromatic heterocycles. The van der Waals surface area contributed by atoms with E-state index in [1.165, 1.54) is 19.1 Å². The molecule has 7 heteroatoms. The van der Waals surface area contributed by atoms with Crippen LogP contribution in [-0.4, -0.2) is 42.3 Å². The second kappa shape index (κ2) is 11.8. The zero-order valence-electron chi connectivity index (χ0n) is 18.9. The highest BCUT2D eigenvalue weighted by molar-refractivity contribution is 5.81. The van der Waals surface area contributed by atoms with Gasteiger partial charge in [0.1, 0.15) is 17.5 Å². The fraction of sp³-hybridized carbons (Fsp3) is 0.696. The van der Waals surface area contributed by atoms with Gasteiger partial charge in [-0.2, -0.15) is 0 Å². The number of amides is 1. The van der Waals surface area contributed by atoms with E-state index in [4.69, 9.17) is 14.5 Å². The maximum Gasteiger partial charge on any atom is 0.408 e. The number of carbonyl (C=O) groups is 2. The normalized spacial score (nSPS) is 14.3. The summed E-state index contributed by atoms with van der Waals surface area (Å²) in [6.45, 7) is 6.38. The summed E-state index contributed by atoms with van der Waals surface area (Å²) in [4.78, 5) is 28.6. The number of fused-ring (bicyclic) bond motifs is 1. The molecule has 1 aliphatic heterocycles. The van der Waals surface area contributed by atoms with Gasteiger partial charge in [0.2, 0.25) is 0 Å². The number of anilines is 1. The molecule has 0 saturated carbocycles. The van der Waals surface area contributed by atoms with Gasteiger partial charge in [0, 0.05) is 12.2 Å². The number of unbranched alkanes of at least 4 members (excludes halogenated alkanes) is 4. The Labute approximate surface area is 180 Å². The minimum absolute atomic E-state index is 0.437. The van der Waals surface area contributed by atoms with Crippen molar-refractivity contribution in [2.24, 2.45) is 0 Å². The summed E-state index contributed by atoms with van der Waals surface area (Å²) in [5.74, 6) is 0.623. The van der Waals surface area contributed by atoms with Crippen LogP contribution >= 0.6 is 0 Å². The highest BCUT2D eigenvalue weighted by atomic mass is 16.6. The molecule has 0 aromatic carbocycles. The Hall–Kier alpha value is -2.31. The van der Waals surface area contributed by atoms with Crippen molar-refractivity contribution in [3.8, 4) is 0 Å². The molecule has 1 atom stereocenters. The third kappa shape index (κ3) is 8.59. The van der Waals surface area contributed by atoms with Crippen molar-refractivity contribution in [1.29, 1.82) is 0 Å². The van der Waals surface area contributed by atoms with E-state index >= 15 is 0 Å². The average Bonchev–Trinajstić information content (AvgIpc) is 2.70. The minimum Gasteiger partial charge on any atom is -0.467 e. The molecule has 168 valence electrons. The molecule has 0 fully saturated rings. The number of pyridine rings is 1. The molecule has 1 aliphatic rings. The van der Waals surface area contributed by atoms with Crippen LogP contribution in [0, 0.1) is 0 Å². The topological polar surface area (TPSA) is 89.5 Å². The number of hydrogen-bond acceptors (Lipinski definition) is 6. The predicted molar refractivity (Wildman–Crippen MR) is 118 cm³/mol. The first-order chi connectivity index (χ1) is 14.3. The molecule has 1 amide bonds. The molecular weight excluding hydrogens is 382 g/mol. The molecule has 2 heterocycles. The maximum atomic E-state index is 11.9. The van der Waals surface area contributed by atoms with E-state index in [1.54, 1.807) is 20.8 Å². The number of ether oxygens (including phenoxy) is 2. The summed E-state index contributed by atoms with van der Waals surface area (Å²) < 4.78 is 10.0. The van der Waals surface area contributed by atoms with Gasteiger partial charge < -0.3 is 20.1 Å². The van der Waals surface area contributed by atoms with Gasteiger partial charge in [0.25, 0.3) is 0 Å². The fourth-order valence-corrected chi connectivity index (χ4v) is 3.53. The molecular formula is C23H37N3O4. The van der Waals surface area contributed by atoms with Gasteiger partial charge >= 0.3 is 12.1 Å². The molecule has 30 heavy (non-hydrogen) atoms. The van der Waals surface area contributed by atoms with Crippen LogP contribution < -0.4 is 10.6 Å². The van der Waals surface area contributed by atoms with Gasteiger partial charge in [-0.1, -0.05) is 31.7 Å². The monoisotopic (exact) mass is 419 g/mol. The first kappa shape index (κ1) is 24.0. The van der Waals surface area contributed by atoms with Crippen LogP contribution in [0.15, 0.2) is 12.1 Å². The number of hydrogen-bond donors (Lipinski definition) is 2. The van der Waals surface area contributed by atoms with Gasteiger partial charge in [-0.05, 0) is 64.5 Å². The van der Waals surface area contributed by atoms with E-state index in [2.05, 4.69) is 22.8 Å². The number of methoxy groups -OCH3 is 1. The number of nitrogens with one attached hydrogen (secondary N) is 2. The maximum absolute atomic E-state index is 11.9. The summed E-state index contributed by atoms with van der Waals surface area (Å²) in [6.07, 6.45) is 8.39. The van der Waals surface area contributed by atoms with Gasteiger partial charge in [-0.3, -0.25) is 0 Å². The minimum atomic E-state index is -0.669. The van der Waals surface area contributed by atoms with Crippen LogP contribution in [0.4, 0.5) is 10.6 Å². The van der Waals surface area contributed by atoms with Gasteiger partial charge in [0.15, 0.2) is 0 Å². The number of aromatic nitrogens is 1. The van der Waals surface area contributed by atoms with Crippen LogP contribution in [0.3, 0.4) is 0 Å². The second-order valence-electron chi connectivity index (χ2n) is 8.87. The van der Waals surface area contributed by atoms with Crippen molar-refractivity contribution in [3.63, 3.8) is 0 Å². The molecule has 0 radical (unpaired) electrons. The number of esters is 1. The van der Waals surface area contributed by atoms with E-state index in [0.717, 1.165) is 63.0 Å². The number of alkyl carbamates (subject to hydrolysis) is 1. The van der Waals surface area contributed by atoms with Crippen LogP contribution in [0.1, 0.15) is 77.0 Å². The third-order valence-electron chi connectivity index (χ3n) is 5.05. The van der Waals surface area contributed by atoms with Crippen LogP contribution in [0.25, 0.3) is 0 Å². The predicted octanol–water partition coefficient (Wildman–Crippen LogP) is 4.39. The molecule has 1 unspecified atom stereocenters.